The van der Waals surface area contributed by atoms with Gasteiger partial charge in [0.05, 0.1) is 16.8 Å². The number of halogens is 2. The molecule has 1 aliphatic rings. The average molecular weight is 406 g/mol. The zero-order valence-electron chi connectivity index (χ0n) is 15.9. The Morgan fingerprint density at radius 3 is 2.44 bits per heavy atom. The van der Waals surface area contributed by atoms with Crippen molar-refractivity contribution in [2.45, 2.75) is 26.8 Å². The van der Waals surface area contributed by atoms with Crippen molar-refractivity contribution in [3.05, 3.63) is 57.6 Å². The van der Waals surface area contributed by atoms with Gasteiger partial charge in [-0.05, 0) is 56.2 Å². The lowest BCUT2D eigenvalue weighted by Crippen LogP contribution is -2.53. The molecule has 0 aliphatic carbocycles. The molecule has 1 heterocycles. The van der Waals surface area contributed by atoms with Gasteiger partial charge in [0, 0.05) is 36.9 Å². The molecule has 3 rings (SSSR count). The van der Waals surface area contributed by atoms with Gasteiger partial charge in [0.2, 0.25) is 5.91 Å². The van der Waals surface area contributed by atoms with Gasteiger partial charge in [0.25, 0.3) is 0 Å². The monoisotopic (exact) mass is 405 g/mol. The number of nitrogens with one attached hydrogen (secondary N) is 1. The smallest absolute Gasteiger partial charge is 0.241 e. The van der Waals surface area contributed by atoms with E-state index >= 15 is 0 Å². The van der Waals surface area contributed by atoms with E-state index < -0.39 is 0 Å². The second kappa shape index (κ2) is 8.51. The molecule has 1 atom stereocenters. The molecule has 0 spiro atoms. The molecule has 1 amide bonds. The van der Waals surface area contributed by atoms with Crippen LogP contribution in [0, 0.1) is 13.8 Å². The topological polar surface area (TPSA) is 35.6 Å². The molecule has 1 saturated heterocycles. The third kappa shape index (κ3) is 4.57. The van der Waals surface area contributed by atoms with Gasteiger partial charge in [-0.2, -0.15) is 0 Å². The number of amides is 1. The van der Waals surface area contributed by atoms with E-state index in [1.807, 2.05) is 6.92 Å². The van der Waals surface area contributed by atoms with E-state index in [1.54, 1.807) is 18.2 Å². The lowest BCUT2D eigenvalue weighted by molar-refractivity contribution is -0.120. The number of rotatable bonds is 4. The molecular weight excluding hydrogens is 381 g/mol. The van der Waals surface area contributed by atoms with Crippen LogP contribution in [0.2, 0.25) is 10.0 Å². The van der Waals surface area contributed by atoms with Crippen molar-refractivity contribution in [2.75, 3.05) is 36.4 Å². The summed E-state index contributed by atoms with van der Waals surface area (Å²) >= 11 is 12.1. The van der Waals surface area contributed by atoms with Gasteiger partial charge < -0.3 is 10.2 Å². The van der Waals surface area contributed by atoms with E-state index in [-0.39, 0.29) is 11.9 Å². The highest BCUT2D eigenvalue weighted by Gasteiger charge is 2.26. The Kier molecular flexibility index (Phi) is 6.30. The highest BCUT2D eigenvalue weighted by atomic mass is 35.5. The molecule has 1 aliphatic heterocycles. The average Bonchev–Trinajstić information content (AvgIpc) is 2.66. The lowest BCUT2D eigenvalue weighted by atomic mass is 10.1. The van der Waals surface area contributed by atoms with Gasteiger partial charge in [-0.1, -0.05) is 35.3 Å². The summed E-state index contributed by atoms with van der Waals surface area (Å²) in [6, 6.07) is 11.3. The van der Waals surface area contributed by atoms with E-state index in [0.717, 1.165) is 26.2 Å². The summed E-state index contributed by atoms with van der Waals surface area (Å²) in [6.45, 7) is 9.75. The van der Waals surface area contributed by atoms with Gasteiger partial charge >= 0.3 is 0 Å². The molecule has 0 bridgehead atoms. The van der Waals surface area contributed by atoms with Crippen molar-refractivity contribution in [3.63, 3.8) is 0 Å². The van der Waals surface area contributed by atoms with Crippen molar-refractivity contribution in [3.8, 4) is 0 Å². The maximum absolute atomic E-state index is 12.6. The standard InChI is InChI=1S/C21H25Cl2N3O/c1-14-5-4-6-20(15(14)2)26-11-9-25(10-12-26)16(3)21(27)24-19-8-7-17(22)13-18(19)23/h4-8,13,16H,9-12H2,1-3H3,(H,24,27)/t16-/m0/s1. The third-order valence-corrected chi connectivity index (χ3v) is 5.89. The van der Waals surface area contributed by atoms with E-state index in [4.69, 9.17) is 23.2 Å². The zero-order chi connectivity index (χ0) is 19.6. The van der Waals surface area contributed by atoms with Gasteiger partial charge in [0.1, 0.15) is 0 Å². The first-order valence-corrected chi connectivity index (χ1v) is 9.93. The molecule has 2 aromatic rings. The Labute approximate surface area is 171 Å². The SMILES string of the molecule is Cc1cccc(N2CCN([C@@H](C)C(=O)Nc3ccc(Cl)cc3Cl)CC2)c1C. The molecular formula is C21H25Cl2N3O. The first-order chi connectivity index (χ1) is 12.9. The second-order valence-corrected chi connectivity index (χ2v) is 7.88. The first kappa shape index (κ1) is 20.0. The molecule has 0 unspecified atom stereocenters. The van der Waals surface area contributed by atoms with Crippen LogP contribution in [0.3, 0.4) is 0 Å². The molecule has 0 radical (unpaired) electrons. The summed E-state index contributed by atoms with van der Waals surface area (Å²) < 4.78 is 0. The fourth-order valence-electron chi connectivity index (χ4n) is 3.42. The minimum absolute atomic E-state index is 0.0561. The van der Waals surface area contributed by atoms with Crippen LogP contribution >= 0.6 is 23.2 Å². The van der Waals surface area contributed by atoms with Crippen LogP contribution in [0.1, 0.15) is 18.1 Å². The first-order valence-electron chi connectivity index (χ1n) is 9.18. The zero-order valence-corrected chi connectivity index (χ0v) is 17.4. The summed E-state index contributed by atoms with van der Waals surface area (Å²) in [7, 11) is 0. The van der Waals surface area contributed by atoms with Crippen LogP contribution in [0.15, 0.2) is 36.4 Å². The minimum Gasteiger partial charge on any atom is -0.369 e. The van der Waals surface area contributed by atoms with Gasteiger partial charge in [-0.3, -0.25) is 9.69 Å². The Morgan fingerprint density at radius 2 is 1.78 bits per heavy atom. The summed E-state index contributed by atoms with van der Waals surface area (Å²) in [4.78, 5) is 17.3. The molecule has 1 fully saturated rings. The fraction of sp³-hybridized carbons (Fsp3) is 0.381. The van der Waals surface area contributed by atoms with Crippen LogP contribution in [0.5, 0.6) is 0 Å². The number of aryl methyl sites for hydroxylation is 1. The van der Waals surface area contributed by atoms with E-state index in [9.17, 15) is 4.79 Å². The number of hydrogen-bond donors (Lipinski definition) is 1. The number of piperazine rings is 1. The van der Waals surface area contributed by atoms with Crippen molar-refractivity contribution in [1.82, 2.24) is 4.90 Å². The van der Waals surface area contributed by atoms with E-state index in [1.165, 1.54) is 16.8 Å². The van der Waals surface area contributed by atoms with Crippen molar-refractivity contribution >= 4 is 40.5 Å². The van der Waals surface area contributed by atoms with E-state index in [2.05, 4.69) is 47.2 Å². The van der Waals surface area contributed by atoms with Crippen LogP contribution < -0.4 is 10.2 Å². The summed E-state index contributed by atoms with van der Waals surface area (Å²) in [5, 5.41) is 3.91. The summed E-state index contributed by atoms with van der Waals surface area (Å²) in [6.07, 6.45) is 0. The molecule has 0 aromatic heterocycles. The molecule has 27 heavy (non-hydrogen) atoms. The van der Waals surface area contributed by atoms with Crippen LogP contribution in [-0.2, 0) is 4.79 Å². The number of carbonyl (C=O) groups is 1. The number of nitrogens with zero attached hydrogens (tertiary/aromatic N) is 2. The molecule has 144 valence electrons. The Hall–Kier alpha value is -1.75. The van der Waals surface area contributed by atoms with Crippen LogP contribution in [0.25, 0.3) is 0 Å². The summed E-state index contributed by atoms with van der Waals surface area (Å²) in [5.41, 5.74) is 4.52. The second-order valence-electron chi connectivity index (χ2n) is 7.03. The Bertz CT molecular complexity index is 832. The minimum atomic E-state index is -0.225. The van der Waals surface area contributed by atoms with Gasteiger partial charge in [-0.15, -0.1) is 0 Å². The predicted octanol–water partition coefficient (Wildman–Crippen LogP) is 4.76. The van der Waals surface area contributed by atoms with Crippen LogP contribution in [-0.4, -0.2) is 43.0 Å². The Morgan fingerprint density at radius 1 is 1.07 bits per heavy atom. The largest absolute Gasteiger partial charge is 0.369 e. The van der Waals surface area contributed by atoms with E-state index in [0.29, 0.717) is 15.7 Å². The van der Waals surface area contributed by atoms with Gasteiger partial charge in [0.15, 0.2) is 0 Å². The van der Waals surface area contributed by atoms with Crippen molar-refractivity contribution < 1.29 is 4.79 Å². The normalized spacial score (nSPS) is 16.3. The molecule has 1 N–H and O–H groups in total. The molecule has 2 aromatic carbocycles. The number of hydrogen-bond acceptors (Lipinski definition) is 3. The molecule has 6 heteroatoms. The quantitative estimate of drug-likeness (QED) is 0.795. The van der Waals surface area contributed by atoms with Crippen molar-refractivity contribution in [2.24, 2.45) is 0 Å². The number of benzene rings is 2. The fourth-order valence-corrected chi connectivity index (χ4v) is 3.88. The highest BCUT2D eigenvalue weighted by Crippen LogP contribution is 2.26. The lowest BCUT2D eigenvalue weighted by Gasteiger charge is -2.39. The third-order valence-electron chi connectivity index (χ3n) is 5.35. The Balaban J connectivity index is 1.60. The maximum Gasteiger partial charge on any atom is 0.241 e. The highest BCUT2D eigenvalue weighted by molar-refractivity contribution is 6.36. The van der Waals surface area contributed by atoms with Crippen molar-refractivity contribution in [1.29, 1.82) is 0 Å². The maximum atomic E-state index is 12.6. The molecule has 4 nitrogen and oxygen atoms in total. The van der Waals surface area contributed by atoms with Gasteiger partial charge in [-0.25, -0.2) is 0 Å². The summed E-state index contributed by atoms with van der Waals surface area (Å²) in [5.74, 6) is -0.0561. The number of anilines is 2. The molecule has 0 saturated carbocycles. The predicted molar refractivity (Wildman–Crippen MR) is 114 cm³/mol. The van der Waals surface area contributed by atoms with Crippen LogP contribution in [0.4, 0.5) is 11.4 Å². The number of carbonyl (C=O) groups excluding carboxylic acids is 1.